The number of hydrogen-bond acceptors (Lipinski definition) is 5. The molecule has 0 unspecified atom stereocenters. The van der Waals surface area contributed by atoms with E-state index in [2.05, 4.69) is 0 Å². The zero-order valence-electron chi connectivity index (χ0n) is 12.1. The second-order valence-electron chi connectivity index (χ2n) is 4.67. The minimum atomic E-state index is -0.296. The monoisotopic (exact) mass is 298 g/mol. The van der Waals surface area contributed by atoms with E-state index >= 15 is 0 Å². The number of methoxy groups -OCH3 is 2. The van der Waals surface area contributed by atoms with Crippen LogP contribution in [0, 0.1) is 0 Å². The van der Waals surface area contributed by atoms with Crippen molar-refractivity contribution < 1.29 is 19.0 Å². The first-order chi connectivity index (χ1) is 10.7. The van der Waals surface area contributed by atoms with Gasteiger partial charge in [0.2, 0.25) is 5.75 Å². The van der Waals surface area contributed by atoms with Crippen LogP contribution in [0.25, 0.3) is 22.3 Å². The van der Waals surface area contributed by atoms with Crippen molar-refractivity contribution >= 4 is 11.0 Å². The van der Waals surface area contributed by atoms with Crippen molar-refractivity contribution in [1.29, 1.82) is 0 Å². The van der Waals surface area contributed by atoms with Gasteiger partial charge in [-0.2, -0.15) is 0 Å². The lowest BCUT2D eigenvalue weighted by atomic mass is 10.1. The number of phenolic OH excluding ortho intramolecular Hbond substituents is 1. The number of ether oxygens (including phenoxy) is 2. The van der Waals surface area contributed by atoms with E-state index in [4.69, 9.17) is 13.9 Å². The number of rotatable bonds is 3. The molecule has 0 saturated heterocycles. The molecule has 3 rings (SSSR count). The predicted octanol–water partition coefficient (Wildman–Crippen LogP) is 3.18. The van der Waals surface area contributed by atoms with Crippen LogP contribution in [0.4, 0.5) is 0 Å². The minimum absolute atomic E-state index is 0.0440. The van der Waals surface area contributed by atoms with E-state index in [0.29, 0.717) is 5.76 Å². The van der Waals surface area contributed by atoms with Crippen molar-refractivity contribution in [3.63, 3.8) is 0 Å². The van der Waals surface area contributed by atoms with Gasteiger partial charge in [-0.1, -0.05) is 30.3 Å². The Balaban J connectivity index is 2.38. The van der Waals surface area contributed by atoms with Gasteiger partial charge in [0.15, 0.2) is 16.8 Å². The van der Waals surface area contributed by atoms with Crippen LogP contribution in [0.15, 0.2) is 51.7 Å². The molecule has 0 radical (unpaired) electrons. The van der Waals surface area contributed by atoms with Crippen LogP contribution in [0.3, 0.4) is 0 Å². The largest absolute Gasteiger partial charge is 0.502 e. The second-order valence-corrected chi connectivity index (χ2v) is 4.67. The zero-order chi connectivity index (χ0) is 15.7. The lowest BCUT2D eigenvalue weighted by Gasteiger charge is -2.11. The van der Waals surface area contributed by atoms with Crippen LogP contribution in [-0.4, -0.2) is 19.3 Å². The summed E-state index contributed by atoms with van der Waals surface area (Å²) in [7, 11) is 2.86. The van der Waals surface area contributed by atoms with Crippen molar-refractivity contribution in [2.24, 2.45) is 0 Å². The molecule has 22 heavy (non-hydrogen) atoms. The highest BCUT2D eigenvalue weighted by Crippen LogP contribution is 2.40. The third kappa shape index (κ3) is 2.16. The van der Waals surface area contributed by atoms with E-state index < -0.39 is 0 Å². The average molecular weight is 298 g/mol. The lowest BCUT2D eigenvalue weighted by molar-refractivity contribution is 0.364. The predicted molar refractivity (Wildman–Crippen MR) is 82.7 cm³/mol. The first-order valence-corrected chi connectivity index (χ1v) is 6.63. The summed E-state index contributed by atoms with van der Waals surface area (Å²) in [6.45, 7) is 0. The molecule has 0 aliphatic rings. The number of aromatic hydroxyl groups is 1. The molecular formula is C17H14O5. The summed E-state index contributed by atoms with van der Waals surface area (Å²) in [5, 5.41) is 10.4. The van der Waals surface area contributed by atoms with Crippen molar-refractivity contribution in [2.75, 3.05) is 14.2 Å². The molecule has 1 aromatic heterocycles. The molecule has 5 heteroatoms. The maximum absolute atomic E-state index is 12.4. The first-order valence-electron chi connectivity index (χ1n) is 6.63. The van der Waals surface area contributed by atoms with Gasteiger partial charge in [-0.05, 0) is 0 Å². The Labute approximate surface area is 126 Å². The zero-order valence-corrected chi connectivity index (χ0v) is 12.1. The van der Waals surface area contributed by atoms with E-state index in [9.17, 15) is 9.90 Å². The summed E-state index contributed by atoms with van der Waals surface area (Å²) in [6.07, 6.45) is 0. The third-order valence-electron chi connectivity index (χ3n) is 3.40. The summed E-state index contributed by atoms with van der Waals surface area (Å²) < 4.78 is 16.0. The summed E-state index contributed by atoms with van der Waals surface area (Å²) in [4.78, 5) is 12.4. The van der Waals surface area contributed by atoms with Crippen LogP contribution in [0.5, 0.6) is 17.2 Å². The van der Waals surface area contributed by atoms with Crippen molar-refractivity contribution in [3.05, 3.63) is 52.7 Å². The highest BCUT2D eigenvalue weighted by atomic mass is 16.5. The minimum Gasteiger partial charge on any atom is -0.502 e. The highest BCUT2D eigenvalue weighted by molar-refractivity contribution is 5.91. The van der Waals surface area contributed by atoms with Gasteiger partial charge >= 0.3 is 0 Å². The van der Waals surface area contributed by atoms with E-state index in [-0.39, 0.29) is 33.6 Å². The third-order valence-corrected chi connectivity index (χ3v) is 3.40. The molecule has 0 aliphatic carbocycles. The van der Waals surface area contributed by atoms with Gasteiger partial charge in [-0.25, -0.2) is 0 Å². The number of hydrogen-bond donors (Lipinski definition) is 1. The summed E-state index contributed by atoms with van der Waals surface area (Å²) in [5.41, 5.74) is 0.486. The van der Waals surface area contributed by atoms with Gasteiger partial charge in [0.1, 0.15) is 16.9 Å². The fraction of sp³-hybridized carbons (Fsp3) is 0.118. The Hall–Kier alpha value is -2.95. The average Bonchev–Trinajstić information content (AvgIpc) is 2.56. The summed E-state index contributed by atoms with van der Waals surface area (Å²) in [6, 6.07) is 12.0. The van der Waals surface area contributed by atoms with E-state index in [1.54, 1.807) is 0 Å². The van der Waals surface area contributed by atoms with Crippen molar-refractivity contribution in [1.82, 2.24) is 0 Å². The fourth-order valence-electron chi connectivity index (χ4n) is 2.33. The van der Waals surface area contributed by atoms with Crippen LogP contribution < -0.4 is 14.9 Å². The van der Waals surface area contributed by atoms with Gasteiger partial charge in [0.05, 0.1) is 14.2 Å². The van der Waals surface area contributed by atoms with Crippen LogP contribution in [-0.2, 0) is 0 Å². The molecule has 1 heterocycles. The SMILES string of the molecule is COc1cc(OC)c2c(=O)cc(-c3ccccc3)oc2c1O. The smallest absolute Gasteiger partial charge is 0.202 e. The Morgan fingerprint density at radius 3 is 2.32 bits per heavy atom. The molecule has 0 atom stereocenters. The maximum atomic E-state index is 12.4. The molecule has 0 spiro atoms. The molecule has 3 aromatic rings. The Kier molecular flexibility index (Phi) is 3.47. The van der Waals surface area contributed by atoms with E-state index in [1.807, 2.05) is 30.3 Å². The van der Waals surface area contributed by atoms with Crippen LogP contribution >= 0.6 is 0 Å². The standard InChI is InChI=1S/C17H14O5/c1-20-13-9-14(21-2)16(19)17-15(13)11(18)8-12(22-17)10-6-4-3-5-7-10/h3-9,19H,1-2H3. The van der Waals surface area contributed by atoms with E-state index in [1.165, 1.54) is 26.4 Å². The Morgan fingerprint density at radius 1 is 1.00 bits per heavy atom. The number of fused-ring (bicyclic) bond motifs is 1. The first kappa shape index (κ1) is 14.0. The molecule has 2 aromatic carbocycles. The lowest BCUT2D eigenvalue weighted by Crippen LogP contribution is -2.03. The van der Waals surface area contributed by atoms with Gasteiger partial charge in [-0.3, -0.25) is 4.79 Å². The topological polar surface area (TPSA) is 68.9 Å². The fourth-order valence-corrected chi connectivity index (χ4v) is 2.33. The molecule has 0 fully saturated rings. The van der Waals surface area contributed by atoms with Crippen molar-refractivity contribution in [3.8, 4) is 28.6 Å². The molecular weight excluding hydrogens is 284 g/mol. The molecule has 0 saturated carbocycles. The molecule has 0 aliphatic heterocycles. The Bertz CT molecular complexity index is 881. The van der Waals surface area contributed by atoms with Crippen LogP contribution in [0.2, 0.25) is 0 Å². The molecule has 0 amide bonds. The maximum Gasteiger partial charge on any atom is 0.202 e. The highest BCUT2D eigenvalue weighted by Gasteiger charge is 2.19. The normalized spacial score (nSPS) is 10.6. The molecule has 5 nitrogen and oxygen atoms in total. The molecule has 0 bridgehead atoms. The number of benzene rings is 2. The van der Waals surface area contributed by atoms with Gasteiger partial charge in [-0.15, -0.1) is 0 Å². The van der Waals surface area contributed by atoms with Crippen molar-refractivity contribution in [2.45, 2.75) is 0 Å². The van der Waals surface area contributed by atoms with Gasteiger partial charge in [0.25, 0.3) is 0 Å². The van der Waals surface area contributed by atoms with Crippen LogP contribution in [0.1, 0.15) is 0 Å². The summed E-state index contributed by atoms with van der Waals surface area (Å²) in [5.74, 6) is 0.604. The summed E-state index contributed by atoms with van der Waals surface area (Å²) >= 11 is 0. The number of phenols is 1. The van der Waals surface area contributed by atoms with Gasteiger partial charge in [0, 0.05) is 17.7 Å². The van der Waals surface area contributed by atoms with Gasteiger partial charge < -0.3 is 19.0 Å². The Morgan fingerprint density at radius 2 is 1.68 bits per heavy atom. The van der Waals surface area contributed by atoms with E-state index in [0.717, 1.165) is 5.56 Å². The second kappa shape index (κ2) is 5.44. The molecule has 112 valence electrons. The molecule has 1 N–H and O–H groups in total. The quantitative estimate of drug-likeness (QED) is 0.804.